The van der Waals surface area contributed by atoms with Crippen LogP contribution < -0.4 is 5.56 Å². The van der Waals surface area contributed by atoms with E-state index in [9.17, 15) is 14.9 Å². The van der Waals surface area contributed by atoms with Crippen molar-refractivity contribution in [3.05, 3.63) is 66.3 Å². The molecule has 1 aromatic carbocycles. The smallest absolute Gasteiger partial charge is 0.274 e. The summed E-state index contributed by atoms with van der Waals surface area (Å²) >= 11 is 11.5. The molecule has 0 amide bonds. The van der Waals surface area contributed by atoms with Gasteiger partial charge < -0.3 is 0 Å². The molecule has 0 aliphatic heterocycles. The highest BCUT2D eigenvalue weighted by Crippen LogP contribution is 2.23. The zero-order valence-corrected chi connectivity index (χ0v) is 11.9. The van der Waals surface area contributed by atoms with E-state index < -0.39 is 4.92 Å². The molecule has 20 heavy (non-hydrogen) atoms. The first-order valence-corrected chi connectivity index (χ1v) is 6.31. The van der Waals surface area contributed by atoms with Crippen LogP contribution in [0, 0.1) is 17.0 Å². The molecule has 1 aromatic heterocycles. The predicted octanol–water partition coefficient (Wildman–Crippen LogP) is 2.82. The first kappa shape index (κ1) is 14.5. The van der Waals surface area contributed by atoms with Gasteiger partial charge in [0.05, 0.1) is 17.0 Å². The van der Waals surface area contributed by atoms with Crippen molar-refractivity contribution >= 4 is 28.9 Å². The van der Waals surface area contributed by atoms with Crippen molar-refractivity contribution in [2.24, 2.45) is 0 Å². The second kappa shape index (κ2) is 5.60. The Morgan fingerprint density at radius 1 is 1.35 bits per heavy atom. The lowest BCUT2D eigenvalue weighted by Gasteiger charge is -2.09. The monoisotopic (exact) mass is 313 g/mol. The predicted molar refractivity (Wildman–Crippen MR) is 75.5 cm³/mol. The van der Waals surface area contributed by atoms with Crippen LogP contribution in [0.15, 0.2) is 29.1 Å². The van der Waals surface area contributed by atoms with Crippen LogP contribution in [0.4, 0.5) is 5.69 Å². The van der Waals surface area contributed by atoms with Crippen molar-refractivity contribution in [2.75, 3.05) is 0 Å². The molecule has 1 heterocycles. The Kier molecular flexibility index (Phi) is 4.06. The van der Waals surface area contributed by atoms with Gasteiger partial charge in [0.2, 0.25) is 0 Å². The summed E-state index contributed by atoms with van der Waals surface area (Å²) in [4.78, 5) is 26.3. The molecule has 2 aromatic rings. The van der Waals surface area contributed by atoms with Crippen LogP contribution in [-0.4, -0.2) is 14.5 Å². The van der Waals surface area contributed by atoms with E-state index in [0.29, 0.717) is 16.4 Å². The minimum Gasteiger partial charge on any atom is -0.292 e. The third-order valence-electron chi connectivity index (χ3n) is 2.73. The van der Waals surface area contributed by atoms with Crippen molar-refractivity contribution in [1.82, 2.24) is 9.55 Å². The van der Waals surface area contributed by atoms with Crippen molar-refractivity contribution in [2.45, 2.75) is 13.5 Å². The largest absolute Gasteiger partial charge is 0.292 e. The van der Waals surface area contributed by atoms with Gasteiger partial charge in [-0.25, -0.2) is 4.98 Å². The third kappa shape index (κ3) is 2.97. The summed E-state index contributed by atoms with van der Waals surface area (Å²) in [5, 5.41) is 11.4. The number of hydrogen-bond acceptors (Lipinski definition) is 4. The molecular formula is C12H9Cl2N3O3. The summed E-state index contributed by atoms with van der Waals surface area (Å²) in [6.07, 6.45) is 0. The molecule has 0 radical (unpaired) electrons. The highest BCUT2D eigenvalue weighted by Gasteiger charge is 2.16. The number of rotatable bonds is 3. The summed E-state index contributed by atoms with van der Waals surface area (Å²) < 4.78 is 1.30. The highest BCUT2D eigenvalue weighted by molar-refractivity contribution is 6.30. The van der Waals surface area contributed by atoms with E-state index in [-0.39, 0.29) is 22.9 Å². The van der Waals surface area contributed by atoms with Gasteiger partial charge in [0, 0.05) is 17.2 Å². The SMILES string of the molecule is Cc1nc(Cl)cc(=O)n1Cc1cc(Cl)ccc1[N+](=O)[O-]. The fourth-order valence-corrected chi connectivity index (χ4v) is 2.22. The first-order valence-electron chi connectivity index (χ1n) is 5.55. The van der Waals surface area contributed by atoms with Gasteiger partial charge in [-0.3, -0.25) is 19.5 Å². The summed E-state index contributed by atoms with van der Waals surface area (Å²) in [6.45, 7) is 1.61. The van der Waals surface area contributed by atoms with Gasteiger partial charge in [0.15, 0.2) is 0 Å². The number of nitrogens with zero attached hydrogens (tertiary/aromatic N) is 3. The Hall–Kier alpha value is -1.92. The van der Waals surface area contributed by atoms with Crippen molar-refractivity contribution in [1.29, 1.82) is 0 Å². The van der Waals surface area contributed by atoms with E-state index in [1.54, 1.807) is 6.92 Å². The van der Waals surface area contributed by atoms with Gasteiger partial charge in [-0.15, -0.1) is 0 Å². The van der Waals surface area contributed by atoms with Gasteiger partial charge in [0.25, 0.3) is 11.2 Å². The molecule has 0 aliphatic rings. The van der Waals surface area contributed by atoms with Crippen LogP contribution in [0.2, 0.25) is 10.2 Å². The Labute approximate surface area is 123 Å². The Bertz CT molecular complexity index is 743. The molecule has 0 N–H and O–H groups in total. The average Bonchev–Trinajstić information content (AvgIpc) is 2.33. The molecule has 0 spiro atoms. The topological polar surface area (TPSA) is 78.0 Å². The maximum absolute atomic E-state index is 11.9. The number of aromatic nitrogens is 2. The van der Waals surface area contributed by atoms with Gasteiger partial charge in [-0.05, 0) is 19.1 Å². The summed E-state index contributed by atoms with van der Waals surface area (Å²) in [5.41, 5.74) is -0.149. The van der Waals surface area contributed by atoms with E-state index in [0.717, 1.165) is 6.07 Å². The second-order valence-electron chi connectivity index (χ2n) is 4.08. The second-order valence-corrected chi connectivity index (χ2v) is 4.90. The van der Waals surface area contributed by atoms with E-state index in [2.05, 4.69) is 4.98 Å². The molecule has 8 heteroatoms. The lowest BCUT2D eigenvalue weighted by atomic mass is 10.2. The summed E-state index contributed by atoms with van der Waals surface area (Å²) in [7, 11) is 0. The number of benzene rings is 1. The van der Waals surface area contributed by atoms with Crippen molar-refractivity contribution in [3.63, 3.8) is 0 Å². The fourth-order valence-electron chi connectivity index (χ4n) is 1.81. The van der Waals surface area contributed by atoms with Crippen LogP contribution in [0.3, 0.4) is 0 Å². The van der Waals surface area contributed by atoms with E-state index >= 15 is 0 Å². The first-order chi connectivity index (χ1) is 9.38. The quantitative estimate of drug-likeness (QED) is 0.496. The maximum Gasteiger partial charge on any atom is 0.274 e. The maximum atomic E-state index is 11.9. The minimum absolute atomic E-state index is 0.00566. The van der Waals surface area contributed by atoms with Crippen LogP contribution in [0.1, 0.15) is 11.4 Å². The lowest BCUT2D eigenvalue weighted by Crippen LogP contribution is -2.23. The highest BCUT2D eigenvalue weighted by atomic mass is 35.5. The molecule has 6 nitrogen and oxygen atoms in total. The van der Waals surface area contributed by atoms with E-state index in [4.69, 9.17) is 23.2 Å². The van der Waals surface area contributed by atoms with Crippen LogP contribution in [-0.2, 0) is 6.54 Å². The minimum atomic E-state index is -0.518. The molecule has 0 fully saturated rings. The fraction of sp³-hybridized carbons (Fsp3) is 0.167. The summed E-state index contributed by atoms with van der Waals surface area (Å²) in [5.74, 6) is 0.372. The molecule has 2 rings (SSSR count). The molecule has 0 saturated heterocycles. The van der Waals surface area contributed by atoms with Gasteiger partial charge in [-0.2, -0.15) is 0 Å². The molecule has 0 aliphatic carbocycles. The summed E-state index contributed by atoms with van der Waals surface area (Å²) in [6, 6.07) is 5.35. The van der Waals surface area contributed by atoms with Crippen LogP contribution >= 0.6 is 23.2 Å². The zero-order chi connectivity index (χ0) is 14.9. The number of halogens is 2. The number of hydrogen-bond donors (Lipinski definition) is 0. The Morgan fingerprint density at radius 2 is 2.05 bits per heavy atom. The Morgan fingerprint density at radius 3 is 2.65 bits per heavy atom. The zero-order valence-electron chi connectivity index (χ0n) is 10.3. The van der Waals surface area contributed by atoms with E-state index in [1.165, 1.54) is 22.8 Å². The van der Waals surface area contributed by atoms with Crippen LogP contribution in [0.25, 0.3) is 0 Å². The van der Waals surface area contributed by atoms with Gasteiger partial charge >= 0.3 is 0 Å². The molecular weight excluding hydrogens is 305 g/mol. The standard InChI is InChI=1S/C12H9Cl2N3O3/c1-7-15-11(14)5-12(18)16(7)6-8-4-9(13)2-3-10(8)17(19)20/h2-5H,6H2,1H3. The number of nitro groups is 1. The average molecular weight is 314 g/mol. The van der Waals surface area contributed by atoms with Crippen molar-refractivity contribution in [3.8, 4) is 0 Å². The van der Waals surface area contributed by atoms with E-state index in [1.807, 2.05) is 0 Å². The third-order valence-corrected chi connectivity index (χ3v) is 3.16. The molecule has 0 saturated carbocycles. The molecule has 0 unspecified atom stereocenters. The number of aryl methyl sites for hydroxylation is 1. The molecule has 104 valence electrons. The van der Waals surface area contributed by atoms with Crippen molar-refractivity contribution < 1.29 is 4.92 Å². The van der Waals surface area contributed by atoms with Crippen LogP contribution in [0.5, 0.6) is 0 Å². The van der Waals surface area contributed by atoms with Gasteiger partial charge in [0.1, 0.15) is 11.0 Å². The Balaban J connectivity index is 2.53. The lowest BCUT2D eigenvalue weighted by molar-refractivity contribution is -0.385. The van der Waals surface area contributed by atoms with Gasteiger partial charge in [-0.1, -0.05) is 23.2 Å². The number of nitro benzene ring substituents is 1. The molecule has 0 bridgehead atoms. The normalized spacial score (nSPS) is 10.6. The molecule has 0 atom stereocenters.